The molecule has 3 aromatic rings. The van der Waals surface area contributed by atoms with Crippen molar-refractivity contribution < 1.29 is 8.78 Å². The first-order chi connectivity index (χ1) is 15.9. The highest BCUT2D eigenvalue weighted by Crippen LogP contribution is 2.36. The predicted octanol–water partition coefficient (Wildman–Crippen LogP) is 3.88. The Bertz CT molecular complexity index is 1160. The van der Waals surface area contributed by atoms with E-state index < -0.39 is 11.6 Å². The molecule has 0 amide bonds. The fourth-order valence-electron chi connectivity index (χ4n) is 4.16. The molecule has 1 unspecified atom stereocenters. The molecule has 1 aromatic carbocycles. The van der Waals surface area contributed by atoms with E-state index in [4.69, 9.17) is 0 Å². The second-order valence-corrected chi connectivity index (χ2v) is 8.12. The number of tetrazole rings is 1. The van der Waals surface area contributed by atoms with E-state index in [9.17, 15) is 0 Å². The zero-order valence-corrected chi connectivity index (χ0v) is 18.7. The van der Waals surface area contributed by atoms with Gasteiger partial charge < -0.3 is 4.90 Å². The topological polar surface area (TPSA) is 75.3 Å². The summed E-state index contributed by atoms with van der Waals surface area (Å²) in [6.07, 6.45) is 3.14. The second-order valence-electron chi connectivity index (χ2n) is 8.12. The Kier molecular flexibility index (Phi) is 6.43. The van der Waals surface area contributed by atoms with Crippen LogP contribution in [0.15, 0.2) is 47.8 Å². The number of pyridine rings is 1. The van der Waals surface area contributed by atoms with Crippen molar-refractivity contribution >= 4 is 12.4 Å². The molecule has 8 nitrogen and oxygen atoms in total. The molecular formula is C23H26F2N8. The van der Waals surface area contributed by atoms with Gasteiger partial charge in [-0.3, -0.25) is 9.99 Å². The molecule has 33 heavy (non-hydrogen) atoms. The van der Waals surface area contributed by atoms with E-state index in [1.54, 1.807) is 36.2 Å². The molecule has 1 fully saturated rings. The standard InChI is InChI=1S/C23H26F2N8/c1-5-10-32(26-3)13-16-11-15(2)33(14-16)20-9-7-18(21(24)22(20)25)17-6-8-19(27-12-17)23-28-29-30-31(23)4/h6-9,12,16H,2-3,5,10-11,13-14H2,1,4H3. The Morgan fingerprint density at radius 3 is 2.67 bits per heavy atom. The molecule has 1 aliphatic heterocycles. The minimum Gasteiger partial charge on any atom is -0.343 e. The van der Waals surface area contributed by atoms with Crippen LogP contribution in [-0.2, 0) is 7.05 Å². The lowest BCUT2D eigenvalue weighted by molar-refractivity contribution is 0.252. The maximum atomic E-state index is 15.2. The number of benzene rings is 1. The number of allylic oxidation sites excluding steroid dienone is 1. The van der Waals surface area contributed by atoms with E-state index in [2.05, 4.69) is 45.8 Å². The third kappa shape index (κ3) is 4.46. The normalized spacial score (nSPS) is 15.8. The van der Waals surface area contributed by atoms with E-state index >= 15 is 8.78 Å². The highest BCUT2D eigenvalue weighted by Gasteiger charge is 2.30. The van der Waals surface area contributed by atoms with Crippen molar-refractivity contribution in [2.75, 3.05) is 24.5 Å². The van der Waals surface area contributed by atoms with Gasteiger partial charge in [0.25, 0.3) is 0 Å². The zero-order chi connectivity index (χ0) is 23.5. The lowest BCUT2D eigenvalue weighted by Crippen LogP contribution is -2.28. The van der Waals surface area contributed by atoms with Crippen LogP contribution in [-0.4, -0.2) is 56.6 Å². The molecule has 1 aliphatic rings. The highest BCUT2D eigenvalue weighted by atomic mass is 19.2. The fraction of sp³-hybridized carbons (Fsp3) is 0.348. The van der Waals surface area contributed by atoms with Crippen molar-refractivity contribution in [2.24, 2.45) is 18.1 Å². The van der Waals surface area contributed by atoms with Gasteiger partial charge in [0, 0.05) is 62.3 Å². The number of hydrogen-bond donors (Lipinski definition) is 0. The van der Waals surface area contributed by atoms with Gasteiger partial charge in [0.1, 0.15) is 5.69 Å². The van der Waals surface area contributed by atoms with Gasteiger partial charge >= 0.3 is 0 Å². The minimum absolute atomic E-state index is 0.137. The van der Waals surface area contributed by atoms with Gasteiger partial charge in [-0.1, -0.05) is 19.6 Å². The summed E-state index contributed by atoms with van der Waals surface area (Å²) in [5.41, 5.74) is 2.08. The van der Waals surface area contributed by atoms with Gasteiger partial charge in [-0.25, -0.2) is 13.5 Å². The van der Waals surface area contributed by atoms with Crippen LogP contribution >= 0.6 is 0 Å². The van der Waals surface area contributed by atoms with Crippen LogP contribution in [0.1, 0.15) is 19.8 Å². The Morgan fingerprint density at radius 1 is 1.21 bits per heavy atom. The first-order valence-corrected chi connectivity index (χ1v) is 10.8. The van der Waals surface area contributed by atoms with Crippen LogP contribution in [0.3, 0.4) is 0 Å². The molecule has 0 saturated carbocycles. The van der Waals surface area contributed by atoms with Gasteiger partial charge in [0.05, 0.1) is 5.69 Å². The fourth-order valence-corrected chi connectivity index (χ4v) is 4.16. The molecule has 10 heteroatoms. The first kappa shape index (κ1) is 22.5. The Hall–Kier alpha value is -3.69. The average Bonchev–Trinajstić information content (AvgIpc) is 3.40. The van der Waals surface area contributed by atoms with Gasteiger partial charge in [-0.05, 0) is 41.5 Å². The second kappa shape index (κ2) is 9.43. The van der Waals surface area contributed by atoms with Crippen LogP contribution < -0.4 is 4.90 Å². The number of aryl methyl sites for hydroxylation is 1. The molecule has 0 bridgehead atoms. The van der Waals surface area contributed by atoms with Crippen molar-refractivity contribution in [1.29, 1.82) is 0 Å². The van der Waals surface area contributed by atoms with Gasteiger partial charge in [-0.15, -0.1) is 5.10 Å². The maximum absolute atomic E-state index is 15.2. The summed E-state index contributed by atoms with van der Waals surface area (Å²) in [6.45, 7) is 11.8. The predicted molar refractivity (Wildman–Crippen MR) is 123 cm³/mol. The van der Waals surface area contributed by atoms with Crippen molar-refractivity contribution in [3.05, 3.63) is 54.4 Å². The summed E-state index contributed by atoms with van der Waals surface area (Å²) in [6, 6.07) is 6.51. The smallest absolute Gasteiger partial charge is 0.200 e. The van der Waals surface area contributed by atoms with E-state index in [1.165, 1.54) is 10.9 Å². The Morgan fingerprint density at radius 2 is 2.03 bits per heavy atom. The molecule has 0 spiro atoms. The number of hydrogen-bond acceptors (Lipinski definition) is 7. The lowest BCUT2D eigenvalue weighted by Gasteiger charge is -2.23. The first-order valence-electron chi connectivity index (χ1n) is 10.8. The number of hydrazone groups is 1. The molecule has 3 heterocycles. The molecule has 4 rings (SSSR count). The maximum Gasteiger partial charge on any atom is 0.200 e. The van der Waals surface area contributed by atoms with Crippen molar-refractivity contribution in [2.45, 2.75) is 19.8 Å². The zero-order valence-electron chi connectivity index (χ0n) is 18.7. The quantitative estimate of drug-likeness (QED) is 0.381. The molecular weight excluding hydrogens is 426 g/mol. The monoisotopic (exact) mass is 452 g/mol. The van der Waals surface area contributed by atoms with Crippen LogP contribution in [0.5, 0.6) is 0 Å². The molecule has 2 aromatic heterocycles. The largest absolute Gasteiger partial charge is 0.343 e. The molecule has 0 aliphatic carbocycles. The number of halogens is 2. The van der Waals surface area contributed by atoms with E-state index in [0.29, 0.717) is 36.6 Å². The van der Waals surface area contributed by atoms with Crippen molar-refractivity contribution in [1.82, 2.24) is 30.2 Å². The molecule has 172 valence electrons. The van der Waals surface area contributed by atoms with Gasteiger partial charge in [0.2, 0.25) is 0 Å². The van der Waals surface area contributed by atoms with Gasteiger partial charge in [-0.2, -0.15) is 5.10 Å². The summed E-state index contributed by atoms with van der Waals surface area (Å²) in [7, 11) is 1.70. The van der Waals surface area contributed by atoms with Crippen LogP contribution in [0.2, 0.25) is 0 Å². The summed E-state index contributed by atoms with van der Waals surface area (Å²) >= 11 is 0. The minimum atomic E-state index is -0.918. The van der Waals surface area contributed by atoms with Crippen molar-refractivity contribution in [3.63, 3.8) is 0 Å². The molecule has 1 atom stereocenters. The van der Waals surface area contributed by atoms with E-state index in [-0.39, 0.29) is 17.2 Å². The van der Waals surface area contributed by atoms with E-state index in [1.807, 2.05) is 5.01 Å². The summed E-state index contributed by atoms with van der Waals surface area (Å²) < 4.78 is 31.7. The van der Waals surface area contributed by atoms with Crippen molar-refractivity contribution in [3.8, 4) is 22.6 Å². The van der Waals surface area contributed by atoms with Crippen LogP contribution in [0.25, 0.3) is 22.6 Å². The molecule has 0 radical (unpaired) electrons. The molecule has 0 N–H and O–H groups in total. The number of nitrogens with zero attached hydrogens (tertiary/aromatic N) is 8. The van der Waals surface area contributed by atoms with E-state index in [0.717, 1.165) is 18.7 Å². The third-order valence-electron chi connectivity index (χ3n) is 5.77. The SMILES string of the molecule is C=NN(CCC)CC1CC(=C)N(c2ccc(-c3ccc(-c4nnnn4C)nc3)c(F)c2F)C1. The lowest BCUT2D eigenvalue weighted by atomic mass is 10.1. The third-order valence-corrected chi connectivity index (χ3v) is 5.77. The summed E-state index contributed by atoms with van der Waals surface area (Å²) in [4.78, 5) is 6.06. The highest BCUT2D eigenvalue weighted by molar-refractivity contribution is 5.69. The summed E-state index contributed by atoms with van der Waals surface area (Å²) in [5, 5.41) is 17.2. The number of anilines is 1. The average molecular weight is 453 g/mol. The van der Waals surface area contributed by atoms with Crippen LogP contribution in [0.4, 0.5) is 14.5 Å². The number of rotatable bonds is 8. The van der Waals surface area contributed by atoms with Gasteiger partial charge in [0.15, 0.2) is 17.5 Å². The Labute approximate surface area is 191 Å². The number of aromatic nitrogens is 5. The summed E-state index contributed by atoms with van der Waals surface area (Å²) in [5.74, 6) is -1.12. The van der Waals surface area contributed by atoms with Crippen LogP contribution in [0, 0.1) is 17.6 Å². The molecule has 1 saturated heterocycles. The Balaban J connectivity index is 1.55.